The molecule has 1 aliphatic carbocycles. The van der Waals surface area contributed by atoms with Crippen LogP contribution in [0.2, 0.25) is 0 Å². The molecule has 0 spiro atoms. The summed E-state index contributed by atoms with van der Waals surface area (Å²) in [5.74, 6) is -1.70. The smallest absolute Gasteiger partial charge is 0.306 e. The number of nitrogens with two attached hydrogens (primary N) is 1. The Kier molecular flexibility index (Phi) is 4.62. The van der Waals surface area contributed by atoms with Gasteiger partial charge in [0.2, 0.25) is 11.8 Å². The van der Waals surface area contributed by atoms with Gasteiger partial charge in [-0.1, -0.05) is 0 Å². The number of carboxylic acids is 1. The molecule has 0 radical (unpaired) electrons. The van der Waals surface area contributed by atoms with Gasteiger partial charge in [0.05, 0.1) is 5.92 Å². The van der Waals surface area contributed by atoms with Gasteiger partial charge in [-0.3, -0.25) is 14.4 Å². The van der Waals surface area contributed by atoms with Crippen LogP contribution in [0.5, 0.6) is 0 Å². The molecule has 1 aliphatic heterocycles. The van der Waals surface area contributed by atoms with E-state index in [0.717, 1.165) is 12.8 Å². The third kappa shape index (κ3) is 3.11. The van der Waals surface area contributed by atoms with Crippen LogP contribution in [0.1, 0.15) is 44.9 Å². The standard InChI is InChI=1S/C14H22N2O4/c15-12(17)11-3-1-2-8-16(11)13(18)9-4-6-10(7-5-9)14(19)20/h9-11H,1-8H2,(H2,15,17)(H,19,20). The molecule has 3 N–H and O–H groups in total. The first-order chi connectivity index (χ1) is 9.50. The maximum atomic E-state index is 12.5. The number of hydrogen-bond donors (Lipinski definition) is 2. The van der Waals surface area contributed by atoms with E-state index in [1.54, 1.807) is 4.90 Å². The topological polar surface area (TPSA) is 101 Å². The third-order valence-electron chi connectivity index (χ3n) is 4.54. The highest BCUT2D eigenvalue weighted by atomic mass is 16.4. The second kappa shape index (κ2) is 6.24. The molecule has 0 aromatic rings. The molecule has 2 amide bonds. The van der Waals surface area contributed by atoms with Crippen LogP contribution in [0.3, 0.4) is 0 Å². The fraction of sp³-hybridized carbons (Fsp3) is 0.786. The molecule has 0 aromatic carbocycles. The highest BCUT2D eigenvalue weighted by molar-refractivity contribution is 5.88. The van der Waals surface area contributed by atoms with Gasteiger partial charge in [0, 0.05) is 12.5 Å². The summed E-state index contributed by atoms with van der Waals surface area (Å²) >= 11 is 0. The van der Waals surface area contributed by atoms with E-state index in [4.69, 9.17) is 10.8 Å². The van der Waals surface area contributed by atoms with Crippen molar-refractivity contribution in [1.29, 1.82) is 0 Å². The Morgan fingerprint density at radius 1 is 0.950 bits per heavy atom. The van der Waals surface area contributed by atoms with Crippen molar-refractivity contribution < 1.29 is 19.5 Å². The van der Waals surface area contributed by atoms with Crippen LogP contribution >= 0.6 is 0 Å². The largest absolute Gasteiger partial charge is 0.481 e. The molecule has 1 unspecified atom stereocenters. The number of amides is 2. The minimum Gasteiger partial charge on any atom is -0.481 e. The van der Waals surface area contributed by atoms with E-state index in [9.17, 15) is 14.4 Å². The maximum absolute atomic E-state index is 12.5. The summed E-state index contributed by atoms with van der Waals surface area (Å²) in [6, 6.07) is -0.478. The summed E-state index contributed by atoms with van der Waals surface area (Å²) in [5, 5.41) is 8.97. The molecule has 6 heteroatoms. The van der Waals surface area contributed by atoms with E-state index in [2.05, 4.69) is 0 Å². The van der Waals surface area contributed by atoms with Crippen LogP contribution in [0, 0.1) is 11.8 Å². The predicted octanol–water partition coefficient (Wildman–Crippen LogP) is 0.744. The number of rotatable bonds is 3. The zero-order valence-electron chi connectivity index (χ0n) is 11.6. The average Bonchev–Trinajstić information content (AvgIpc) is 2.46. The monoisotopic (exact) mass is 282 g/mol. The normalized spacial score (nSPS) is 30.8. The van der Waals surface area contributed by atoms with Crippen LogP contribution in [0.25, 0.3) is 0 Å². The second-order valence-corrected chi connectivity index (χ2v) is 5.83. The zero-order valence-corrected chi connectivity index (χ0v) is 11.6. The van der Waals surface area contributed by atoms with Gasteiger partial charge in [0.15, 0.2) is 0 Å². The highest BCUT2D eigenvalue weighted by Crippen LogP contribution is 2.31. The average molecular weight is 282 g/mol. The second-order valence-electron chi connectivity index (χ2n) is 5.83. The number of carbonyl (C=O) groups excluding carboxylic acids is 2. The van der Waals surface area contributed by atoms with E-state index in [-0.39, 0.29) is 17.7 Å². The van der Waals surface area contributed by atoms with Gasteiger partial charge in [-0.05, 0) is 44.9 Å². The maximum Gasteiger partial charge on any atom is 0.306 e. The Morgan fingerprint density at radius 2 is 1.55 bits per heavy atom. The molecule has 2 rings (SSSR count). The minimum atomic E-state index is -0.774. The Balaban J connectivity index is 1.97. The molecule has 1 saturated carbocycles. The van der Waals surface area contributed by atoms with E-state index in [1.165, 1.54) is 0 Å². The van der Waals surface area contributed by atoms with E-state index in [0.29, 0.717) is 38.6 Å². The fourth-order valence-electron chi connectivity index (χ4n) is 3.31. The summed E-state index contributed by atoms with van der Waals surface area (Å²) < 4.78 is 0. The van der Waals surface area contributed by atoms with Gasteiger partial charge < -0.3 is 15.7 Å². The summed E-state index contributed by atoms with van der Waals surface area (Å²) in [7, 11) is 0. The number of nitrogens with zero attached hydrogens (tertiary/aromatic N) is 1. The number of primary amides is 1. The van der Waals surface area contributed by atoms with Crippen molar-refractivity contribution in [3.63, 3.8) is 0 Å². The van der Waals surface area contributed by atoms with Crippen LogP contribution in [0.4, 0.5) is 0 Å². The quantitative estimate of drug-likeness (QED) is 0.797. The van der Waals surface area contributed by atoms with E-state index >= 15 is 0 Å². The lowest BCUT2D eigenvalue weighted by molar-refractivity contribution is -0.148. The number of aliphatic carboxylic acids is 1. The van der Waals surface area contributed by atoms with Crippen molar-refractivity contribution in [2.24, 2.45) is 17.6 Å². The molecule has 112 valence electrons. The van der Waals surface area contributed by atoms with Gasteiger partial charge in [0.25, 0.3) is 0 Å². The molecule has 0 bridgehead atoms. The number of likely N-dealkylation sites (tertiary alicyclic amines) is 1. The summed E-state index contributed by atoms with van der Waals surface area (Å²) in [5.41, 5.74) is 5.38. The Hall–Kier alpha value is -1.59. The van der Waals surface area contributed by atoms with Crippen molar-refractivity contribution in [1.82, 2.24) is 4.90 Å². The van der Waals surface area contributed by atoms with Crippen LogP contribution < -0.4 is 5.73 Å². The van der Waals surface area contributed by atoms with Gasteiger partial charge in [0.1, 0.15) is 6.04 Å². The zero-order chi connectivity index (χ0) is 14.7. The molecule has 0 aromatic heterocycles. The molecule has 20 heavy (non-hydrogen) atoms. The Bertz CT molecular complexity index is 402. The SMILES string of the molecule is NC(=O)C1CCCCN1C(=O)C1CCC(C(=O)O)CC1. The van der Waals surface area contributed by atoms with Gasteiger partial charge in [-0.2, -0.15) is 0 Å². The van der Waals surface area contributed by atoms with Crippen molar-refractivity contribution in [3.05, 3.63) is 0 Å². The molecule has 6 nitrogen and oxygen atoms in total. The Labute approximate surface area is 118 Å². The molecule has 1 heterocycles. The third-order valence-corrected chi connectivity index (χ3v) is 4.54. The number of hydrogen-bond acceptors (Lipinski definition) is 3. The van der Waals surface area contributed by atoms with E-state index < -0.39 is 17.9 Å². The highest BCUT2D eigenvalue weighted by Gasteiger charge is 2.36. The van der Waals surface area contributed by atoms with Crippen LogP contribution in [-0.4, -0.2) is 40.4 Å². The molecule has 2 fully saturated rings. The molecular formula is C14H22N2O4. The molecule has 2 aliphatic rings. The van der Waals surface area contributed by atoms with Gasteiger partial charge in [-0.25, -0.2) is 0 Å². The number of carbonyl (C=O) groups is 3. The summed E-state index contributed by atoms with van der Waals surface area (Å²) in [6.45, 7) is 0.589. The number of carboxylic acid groups (broad SMARTS) is 1. The van der Waals surface area contributed by atoms with Crippen LogP contribution in [-0.2, 0) is 14.4 Å². The minimum absolute atomic E-state index is 0.0164. The molecular weight excluding hydrogens is 260 g/mol. The van der Waals surface area contributed by atoms with Crippen molar-refractivity contribution in [2.45, 2.75) is 51.0 Å². The Morgan fingerprint density at radius 3 is 2.10 bits per heavy atom. The first-order valence-electron chi connectivity index (χ1n) is 7.33. The van der Waals surface area contributed by atoms with Crippen molar-refractivity contribution in [3.8, 4) is 0 Å². The summed E-state index contributed by atoms with van der Waals surface area (Å²) in [6.07, 6.45) is 4.74. The van der Waals surface area contributed by atoms with Crippen LogP contribution in [0.15, 0.2) is 0 Å². The molecule has 1 saturated heterocycles. The van der Waals surface area contributed by atoms with Gasteiger partial charge in [-0.15, -0.1) is 0 Å². The number of piperidine rings is 1. The fourth-order valence-corrected chi connectivity index (χ4v) is 3.31. The first-order valence-corrected chi connectivity index (χ1v) is 7.33. The summed E-state index contributed by atoms with van der Waals surface area (Å²) in [4.78, 5) is 36.5. The van der Waals surface area contributed by atoms with E-state index in [1.807, 2.05) is 0 Å². The van der Waals surface area contributed by atoms with Crippen molar-refractivity contribution >= 4 is 17.8 Å². The predicted molar refractivity (Wildman–Crippen MR) is 71.6 cm³/mol. The van der Waals surface area contributed by atoms with Crippen molar-refractivity contribution in [2.75, 3.05) is 6.54 Å². The first kappa shape index (κ1) is 14.8. The van der Waals surface area contributed by atoms with Gasteiger partial charge >= 0.3 is 5.97 Å². The lowest BCUT2D eigenvalue weighted by atomic mass is 9.81. The molecule has 1 atom stereocenters. The lowest BCUT2D eigenvalue weighted by Gasteiger charge is -2.37. The lowest BCUT2D eigenvalue weighted by Crippen LogP contribution is -2.52.